The fraction of sp³-hybridized carbons (Fsp3) is 0.286. The van der Waals surface area contributed by atoms with E-state index in [1.165, 1.54) is 13.3 Å². The van der Waals surface area contributed by atoms with Crippen LogP contribution in [-0.2, 0) is 6.54 Å². The minimum Gasteiger partial charge on any atom is -0.497 e. The van der Waals surface area contributed by atoms with Gasteiger partial charge in [-0.2, -0.15) is 5.10 Å². The van der Waals surface area contributed by atoms with Gasteiger partial charge in [-0.3, -0.25) is 9.48 Å². The Balaban J connectivity index is 2.29. The van der Waals surface area contributed by atoms with Crippen LogP contribution in [0.2, 0.25) is 0 Å². The number of nitrogens with one attached hydrogen (secondary N) is 1. The summed E-state index contributed by atoms with van der Waals surface area (Å²) in [7, 11) is 3.09. The van der Waals surface area contributed by atoms with E-state index in [9.17, 15) is 4.79 Å². The molecule has 2 rings (SSSR count). The van der Waals surface area contributed by atoms with Crippen molar-refractivity contribution < 1.29 is 14.3 Å². The number of hydrogen-bond acceptors (Lipinski definition) is 5. The second-order valence-electron chi connectivity index (χ2n) is 4.28. The second kappa shape index (κ2) is 6.17. The first-order valence-corrected chi connectivity index (χ1v) is 6.45. The van der Waals surface area contributed by atoms with E-state index in [0.29, 0.717) is 35.1 Å². The van der Waals surface area contributed by atoms with Crippen LogP contribution in [0, 0.1) is 0 Å². The van der Waals surface area contributed by atoms with Crippen molar-refractivity contribution in [3.63, 3.8) is 0 Å². The van der Waals surface area contributed by atoms with E-state index in [4.69, 9.17) is 15.2 Å². The number of carbonyl (C=O) groups is 1. The molecule has 0 radical (unpaired) electrons. The third kappa shape index (κ3) is 2.91. The minimum absolute atomic E-state index is 0.329. The van der Waals surface area contributed by atoms with Gasteiger partial charge >= 0.3 is 0 Å². The number of aromatic nitrogens is 2. The van der Waals surface area contributed by atoms with Gasteiger partial charge in [0.05, 0.1) is 31.8 Å². The first-order chi connectivity index (χ1) is 10.1. The van der Waals surface area contributed by atoms with Gasteiger partial charge < -0.3 is 20.5 Å². The van der Waals surface area contributed by atoms with Crippen LogP contribution in [0.3, 0.4) is 0 Å². The van der Waals surface area contributed by atoms with Crippen LogP contribution < -0.4 is 20.5 Å². The van der Waals surface area contributed by atoms with Crippen molar-refractivity contribution in [2.75, 3.05) is 25.3 Å². The van der Waals surface area contributed by atoms with Crippen molar-refractivity contribution in [3.05, 3.63) is 30.1 Å². The highest BCUT2D eigenvalue weighted by Crippen LogP contribution is 2.29. The van der Waals surface area contributed by atoms with Gasteiger partial charge in [0.25, 0.3) is 5.91 Å². The number of benzene rings is 1. The molecular weight excluding hydrogens is 272 g/mol. The first-order valence-electron chi connectivity index (χ1n) is 6.45. The molecule has 112 valence electrons. The van der Waals surface area contributed by atoms with Gasteiger partial charge in [-0.1, -0.05) is 0 Å². The summed E-state index contributed by atoms with van der Waals surface area (Å²) in [6.45, 7) is 2.44. The van der Waals surface area contributed by atoms with E-state index in [1.807, 2.05) is 6.92 Å². The molecule has 0 saturated carbocycles. The molecule has 2 aromatic rings. The third-order valence-corrected chi connectivity index (χ3v) is 3.04. The van der Waals surface area contributed by atoms with Crippen molar-refractivity contribution in [2.45, 2.75) is 13.5 Å². The number of hydrogen-bond donors (Lipinski definition) is 2. The lowest BCUT2D eigenvalue weighted by Crippen LogP contribution is -2.19. The smallest absolute Gasteiger partial charge is 0.276 e. The summed E-state index contributed by atoms with van der Waals surface area (Å²) < 4.78 is 11.9. The summed E-state index contributed by atoms with van der Waals surface area (Å²) in [6, 6.07) is 5.13. The Morgan fingerprint density at radius 3 is 2.76 bits per heavy atom. The maximum absolute atomic E-state index is 12.4. The molecule has 0 spiro atoms. The predicted molar refractivity (Wildman–Crippen MR) is 79.8 cm³/mol. The van der Waals surface area contributed by atoms with Gasteiger partial charge in [-0.15, -0.1) is 0 Å². The van der Waals surface area contributed by atoms with E-state index in [1.54, 1.807) is 30.0 Å². The highest BCUT2D eigenvalue weighted by molar-refractivity contribution is 6.07. The number of rotatable bonds is 5. The van der Waals surface area contributed by atoms with Crippen LogP contribution in [0.1, 0.15) is 17.4 Å². The molecule has 1 aromatic heterocycles. The summed E-state index contributed by atoms with van der Waals surface area (Å²) in [5.74, 6) is 0.808. The maximum atomic E-state index is 12.4. The van der Waals surface area contributed by atoms with Crippen LogP contribution in [0.25, 0.3) is 0 Å². The fourth-order valence-electron chi connectivity index (χ4n) is 1.97. The standard InChI is InChI=1S/C14H18N4O3/c1-4-18-13(10(15)8-16-18)14(19)17-11-6-5-9(20-2)7-12(11)21-3/h5-8H,4,15H2,1-3H3,(H,17,19). The number of methoxy groups -OCH3 is 2. The first kappa shape index (κ1) is 14.7. The Bertz CT molecular complexity index is 652. The van der Waals surface area contributed by atoms with Crippen LogP contribution in [-0.4, -0.2) is 29.9 Å². The number of anilines is 2. The summed E-state index contributed by atoms with van der Waals surface area (Å²) in [5.41, 5.74) is 6.99. The van der Waals surface area contributed by atoms with Gasteiger partial charge in [0.2, 0.25) is 0 Å². The molecule has 0 aliphatic rings. The number of aryl methyl sites for hydroxylation is 1. The van der Waals surface area contributed by atoms with Crippen LogP contribution >= 0.6 is 0 Å². The van der Waals surface area contributed by atoms with E-state index in [0.717, 1.165) is 0 Å². The number of nitrogen functional groups attached to an aromatic ring is 1. The lowest BCUT2D eigenvalue weighted by atomic mass is 10.2. The van der Waals surface area contributed by atoms with Gasteiger partial charge in [0.15, 0.2) is 0 Å². The van der Waals surface area contributed by atoms with E-state index in [2.05, 4.69) is 10.4 Å². The maximum Gasteiger partial charge on any atom is 0.276 e. The second-order valence-corrected chi connectivity index (χ2v) is 4.28. The van der Waals surface area contributed by atoms with Crippen molar-refractivity contribution in [1.82, 2.24) is 9.78 Å². The average molecular weight is 290 g/mol. The highest BCUT2D eigenvalue weighted by Gasteiger charge is 2.18. The normalized spacial score (nSPS) is 10.2. The topological polar surface area (TPSA) is 91.4 Å². The van der Waals surface area contributed by atoms with Crippen molar-refractivity contribution in [2.24, 2.45) is 0 Å². The van der Waals surface area contributed by atoms with Gasteiger partial charge in [0.1, 0.15) is 17.2 Å². The van der Waals surface area contributed by atoms with Crippen LogP contribution in [0.15, 0.2) is 24.4 Å². The molecule has 0 saturated heterocycles. The molecule has 7 heteroatoms. The highest BCUT2D eigenvalue weighted by atomic mass is 16.5. The van der Waals surface area contributed by atoms with E-state index in [-0.39, 0.29) is 5.91 Å². The van der Waals surface area contributed by atoms with E-state index >= 15 is 0 Å². The summed E-state index contributed by atoms with van der Waals surface area (Å²) in [6.07, 6.45) is 1.46. The monoisotopic (exact) mass is 290 g/mol. The number of carbonyl (C=O) groups excluding carboxylic acids is 1. The molecule has 7 nitrogen and oxygen atoms in total. The predicted octanol–water partition coefficient (Wildman–Crippen LogP) is 1.75. The lowest BCUT2D eigenvalue weighted by molar-refractivity contribution is 0.101. The van der Waals surface area contributed by atoms with Crippen LogP contribution in [0.5, 0.6) is 11.5 Å². The molecule has 0 bridgehead atoms. The molecule has 0 fully saturated rings. The summed E-state index contributed by atoms with van der Waals surface area (Å²) in [5, 5.41) is 6.82. The molecule has 1 aromatic carbocycles. The third-order valence-electron chi connectivity index (χ3n) is 3.04. The Kier molecular flexibility index (Phi) is 4.32. The molecule has 1 heterocycles. The average Bonchev–Trinajstić information content (AvgIpc) is 2.88. The Morgan fingerprint density at radius 2 is 2.14 bits per heavy atom. The van der Waals surface area contributed by atoms with Gasteiger partial charge in [-0.25, -0.2) is 0 Å². The molecule has 0 atom stereocenters. The molecule has 1 amide bonds. The Hall–Kier alpha value is -2.70. The number of ether oxygens (including phenoxy) is 2. The van der Waals surface area contributed by atoms with Gasteiger partial charge in [-0.05, 0) is 19.1 Å². The zero-order valence-electron chi connectivity index (χ0n) is 12.2. The molecule has 0 unspecified atom stereocenters. The molecular formula is C14H18N4O3. The largest absolute Gasteiger partial charge is 0.497 e. The SMILES string of the molecule is CCn1ncc(N)c1C(=O)Nc1ccc(OC)cc1OC. The summed E-state index contributed by atoms with van der Waals surface area (Å²) in [4.78, 5) is 12.4. The molecule has 3 N–H and O–H groups in total. The number of nitrogens with two attached hydrogens (primary N) is 1. The zero-order chi connectivity index (χ0) is 15.4. The van der Waals surface area contributed by atoms with Crippen molar-refractivity contribution in [3.8, 4) is 11.5 Å². The molecule has 0 aliphatic carbocycles. The minimum atomic E-state index is -0.338. The summed E-state index contributed by atoms with van der Waals surface area (Å²) >= 11 is 0. The zero-order valence-corrected chi connectivity index (χ0v) is 12.2. The number of nitrogens with zero attached hydrogens (tertiary/aromatic N) is 2. The Labute approximate surface area is 122 Å². The van der Waals surface area contributed by atoms with Gasteiger partial charge in [0, 0.05) is 12.6 Å². The molecule has 21 heavy (non-hydrogen) atoms. The van der Waals surface area contributed by atoms with Crippen molar-refractivity contribution in [1.29, 1.82) is 0 Å². The molecule has 0 aliphatic heterocycles. The Morgan fingerprint density at radius 1 is 1.38 bits per heavy atom. The number of amides is 1. The quantitative estimate of drug-likeness (QED) is 0.875. The van der Waals surface area contributed by atoms with Crippen LogP contribution in [0.4, 0.5) is 11.4 Å². The van der Waals surface area contributed by atoms with Crippen molar-refractivity contribution >= 4 is 17.3 Å². The van der Waals surface area contributed by atoms with E-state index < -0.39 is 0 Å². The lowest BCUT2D eigenvalue weighted by Gasteiger charge is -2.12. The fourth-order valence-corrected chi connectivity index (χ4v) is 1.97.